The van der Waals surface area contributed by atoms with E-state index in [0.29, 0.717) is 23.5 Å². The maximum Gasteiger partial charge on any atom is 0.176 e. The van der Waals surface area contributed by atoms with Crippen molar-refractivity contribution in [2.45, 2.75) is 38.8 Å². The molecule has 7 heteroatoms. The molecule has 0 spiro atoms. The summed E-state index contributed by atoms with van der Waals surface area (Å²) < 4.78 is 34.1. The predicted octanol–water partition coefficient (Wildman–Crippen LogP) is 2.17. The zero-order chi connectivity index (χ0) is 18.6. The number of hydrogen-bond donors (Lipinski definition) is 0. The van der Waals surface area contributed by atoms with Crippen molar-refractivity contribution in [2.75, 3.05) is 32.3 Å². The Labute approximate surface area is 150 Å². The van der Waals surface area contributed by atoms with Gasteiger partial charge >= 0.3 is 0 Å². The van der Waals surface area contributed by atoms with Crippen molar-refractivity contribution in [2.24, 2.45) is 0 Å². The van der Waals surface area contributed by atoms with E-state index >= 15 is 0 Å². The number of ether oxygens (including phenoxy) is 2. The lowest BCUT2D eigenvalue weighted by molar-refractivity contribution is 0.0841. The number of rotatable bonds is 8. The molecule has 0 N–H and O–H groups in total. The summed E-state index contributed by atoms with van der Waals surface area (Å²) in [5, 5.41) is 0. The van der Waals surface area contributed by atoms with Gasteiger partial charge in [0, 0.05) is 17.6 Å². The van der Waals surface area contributed by atoms with Crippen LogP contribution in [0.2, 0.25) is 0 Å². The van der Waals surface area contributed by atoms with Crippen LogP contribution in [0.15, 0.2) is 18.2 Å². The van der Waals surface area contributed by atoms with Crippen molar-refractivity contribution < 1.29 is 22.7 Å². The van der Waals surface area contributed by atoms with Crippen LogP contribution >= 0.6 is 0 Å². The van der Waals surface area contributed by atoms with Crippen LogP contribution in [0.5, 0.6) is 11.5 Å². The Morgan fingerprint density at radius 3 is 2.48 bits per heavy atom. The fraction of sp³-hybridized carbons (Fsp3) is 0.611. The maximum atomic E-state index is 12.8. The van der Waals surface area contributed by atoms with E-state index < -0.39 is 9.84 Å². The van der Waals surface area contributed by atoms with Crippen molar-refractivity contribution in [1.82, 2.24) is 4.90 Å². The van der Waals surface area contributed by atoms with Gasteiger partial charge in [-0.05, 0) is 38.0 Å². The maximum absolute atomic E-state index is 12.8. The average molecular weight is 369 g/mol. The Kier molecular flexibility index (Phi) is 6.46. The molecular formula is C18H27NO5S. The molecular weight excluding hydrogens is 342 g/mol. The molecule has 0 amide bonds. The molecule has 1 fully saturated rings. The van der Waals surface area contributed by atoms with Crippen LogP contribution < -0.4 is 9.47 Å². The van der Waals surface area contributed by atoms with E-state index in [1.165, 1.54) is 7.11 Å². The highest BCUT2D eigenvalue weighted by Gasteiger charge is 2.35. The number of nitrogens with zero attached hydrogens (tertiary/aromatic N) is 1. The molecule has 25 heavy (non-hydrogen) atoms. The number of ketones is 1. The Hall–Kier alpha value is -1.60. The number of carbonyl (C=O) groups is 1. The van der Waals surface area contributed by atoms with Gasteiger partial charge in [-0.25, -0.2) is 8.42 Å². The van der Waals surface area contributed by atoms with Gasteiger partial charge in [0.1, 0.15) is 0 Å². The summed E-state index contributed by atoms with van der Waals surface area (Å²) in [5.74, 6) is 1.36. The first-order valence-electron chi connectivity index (χ1n) is 8.52. The lowest BCUT2D eigenvalue weighted by atomic mass is 10.1. The van der Waals surface area contributed by atoms with Gasteiger partial charge in [0.15, 0.2) is 27.1 Å². The molecule has 0 bridgehead atoms. The zero-order valence-corrected chi connectivity index (χ0v) is 16.1. The van der Waals surface area contributed by atoms with Gasteiger partial charge in [-0.15, -0.1) is 0 Å². The second-order valence-corrected chi connectivity index (χ2v) is 8.71. The Morgan fingerprint density at radius 1 is 1.28 bits per heavy atom. The van der Waals surface area contributed by atoms with Gasteiger partial charge in [0.2, 0.25) is 0 Å². The first kappa shape index (κ1) is 19.7. The van der Waals surface area contributed by atoms with E-state index in [-0.39, 0.29) is 35.9 Å². The summed E-state index contributed by atoms with van der Waals surface area (Å²) in [7, 11) is 0.0831. The highest BCUT2D eigenvalue weighted by atomic mass is 32.2. The smallest absolute Gasteiger partial charge is 0.176 e. The number of Topliss-reactive ketones (excluding diaryl/α,β-unsaturated/α-hetero) is 1. The molecule has 6 nitrogen and oxygen atoms in total. The Balaban J connectivity index is 2.19. The zero-order valence-electron chi connectivity index (χ0n) is 15.3. The molecule has 0 aliphatic carbocycles. The minimum absolute atomic E-state index is 0.0504. The summed E-state index contributed by atoms with van der Waals surface area (Å²) in [6, 6.07) is 5.14. The third-order valence-electron chi connectivity index (χ3n) is 4.87. The van der Waals surface area contributed by atoms with Crippen LogP contribution in [-0.2, 0) is 9.84 Å². The molecule has 140 valence electrons. The first-order chi connectivity index (χ1) is 11.8. The first-order valence-corrected chi connectivity index (χ1v) is 10.3. The van der Waals surface area contributed by atoms with Crippen LogP contribution in [0, 0.1) is 0 Å². The molecule has 1 aliphatic rings. The van der Waals surface area contributed by atoms with Crippen LogP contribution in [0.1, 0.15) is 37.0 Å². The normalized spacial score (nSPS) is 20.4. The number of sulfone groups is 1. The molecule has 2 rings (SSSR count). The fourth-order valence-electron chi connectivity index (χ4n) is 3.18. The molecule has 1 aromatic carbocycles. The molecule has 1 aromatic rings. The number of methoxy groups -OCH3 is 2. The Morgan fingerprint density at radius 2 is 1.96 bits per heavy atom. The van der Waals surface area contributed by atoms with E-state index in [1.54, 1.807) is 25.3 Å². The number of carbonyl (C=O) groups excluding carboxylic acids is 1. The minimum atomic E-state index is -2.99. The summed E-state index contributed by atoms with van der Waals surface area (Å²) in [4.78, 5) is 14.8. The molecule has 1 saturated heterocycles. The van der Waals surface area contributed by atoms with Crippen LogP contribution in [0.3, 0.4) is 0 Å². The molecule has 0 saturated carbocycles. The molecule has 2 atom stereocenters. The highest BCUT2D eigenvalue weighted by molar-refractivity contribution is 7.91. The van der Waals surface area contributed by atoms with E-state index in [4.69, 9.17) is 9.47 Å². The van der Waals surface area contributed by atoms with E-state index in [0.717, 1.165) is 6.42 Å². The van der Waals surface area contributed by atoms with Gasteiger partial charge in [0.05, 0.1) is 32.3 Å². The quantitative estimate of drug-likeness (QED) is 0.654. The van der Waals surface area contributed by atoms with Crippen LogP contribution in [0.25, 0.3) is 0 Å². The number of benzene rings is 1. The SMILES string of the molecule is CC[C@H](C)N(CC(=O)c1ccc(OC)c(OC)c1)[C@@H]1CCS(=O)(=O)C1. The molecule has 0 radical (unpaired) electrons. The highest BCUT2D eigenvalue weighted by Crippen LogP contribution is 2.28. The molecule has 1 heterocycles. The topological polar surface area (TPSA) is 72.9 Å². The summed E-state index contributed by atoms with van der Waals surface area (Å²) in [5.41, 5.74) is 0.534. The second kappa shape index (κ2) is 8.19. The van der Waals surface area contributed by atoms with E-state index in [9.17, 15) is 13.2 Å². The average Bonchev–Trinajstić information content (AvgIpc) is 2.97. The second-order valence-electron chi connectivity index (χ2n) is 6.48. The fourth-order valence-corrected chi connectivity index (χ4v) is 4.93. The van der Waals surface area contributed by atoms with E-state index in [1.807, 2.05) is 18.7 Å². The summed E-state index contributed by atoms with van der Waals surface area (Å²) in [6.07, 6.45) is 1.45. The third kappa shape index (κ3) is 4.73. The lowest BCUT2D eigenvalue weighted by Crippen LogP contribution is -2.45. The lowest BCUT2D eigenvalue weighted by Gasteiger charge is -2.32. The van der Waals surface area contributed by atoms with Crippen molar-refractivity contribution in [1.29, 1.82) is 0 Å². The van der Waals surface area contributed by atoms with Gasteiger partial charge in [0.25, 0.3) is 0 Å². The monoisotopic (exact) mass is 369 g/mol. The van der Waals surface area contributed by atoms with Crippen LogP contribution in [-0.4, -0.2) is 63.5 Å². The summed E-state index contributed by atoms with van der Waals surface area (Å²) in [6.45, 7) is 4.28. The van der Waals surface area contributed by atoms with Gasteiger partial charge < -0.3 is 9.47 Å². The van der Waals surface area contributed by atoms with E-state index in [2.05, 4.69) is 0 Å². The van der Waals surface area contributed by atoms with Crippen molar-refractivity contribution in [3.05, 3.63) is 23.8 Å². The van der Waals surface area contributed by atoms with Crippen molar-refractivity contribution in [3.8, 4) is 11.5 Å². The number of hydrogen-bond acceptors (Lipinski definition) is 6. The van der Waals surface area contributed by atoms with Crippen molar-refractivity contribution >= 4 is 15.6 Å². The van der Waals surface area contributed by atoms with Crippen LogP contribution in [0.4, 0.5) is 0 Å². The largest absolute Gasteiger partial charge is 0.493 e. The van der Waals surface area contributed by atoms with Gasteiger partial charge in [-0.2, -0.15) is 0 Å². The van der Waals surface area contributed by atoms with Crippen molar-refractivity contribution in [3.63, 3.8) is 0 Å². The Bertz CT molecular complexity index is 716. The summed E-state index contributed by atoms with van der Waals surface area (Å²) >= 11 is 0. The van der Waals surface area contributed by atoms with Gasteiger partial charge in [-0.1, -0.05) is 6.92 Å². The third-order valence-corrected chi connectivity index (χ3v) is 6.62. The standard InChI is InChI=1S/C18H27NO5S/c1-5-13(2)19(15-8-9-25(21,22)12-15)11-16(20)14-6-7-17(23-3)18(10-14)24-4/h6-7,10,13,15H,5,8-9,11-12H2,1-4H3/t13-,15+/m0/s1. The molecule has 1 aliphatic heterocycles. The molecule has 0 aromatic heterocycles. The molecule has 0 unspecified atom stereocenters. The minimum Gasteiger partial charge on any atom is -0.493 e. The predicted molar refractivity (Wildman–Crippen MR) is 97.4 cm³/mol. The van der Waals surface area contributed by atoms with Gasteiger partial charge in [-0.3, -0.25) is 9.69 Å².